The third kappa shape index (κ3) is 2.59. The minimum Gasteiger partial charge on any atom is -0.370 e. The molecule has 2 N–H and O–H groups in total. The lowest BCUT2D eigenvalue weighted by atomic mass is 9.54. The summed E-state index contributed by atoms with van der Waals surface area (Å²) in [6, 6.07) is 5.74. The molecule has 4 heteroatoms. The summed E-state index contributed by atoms with van der Waals surface area (Å²) < 4.78 is 0. The molecule has 4 aliphatic carbocycles. The number of anilines is 2. The first-order valence-corrected chi connectivity index (χ1v) is 9.93. The van der Waals surface area contributed by atoms with Gasteiger partial charge in [0.25, 0.3) is 0 Å². The molecule has 1 unspecified atom stereocenters. The van der Waals surface area contributed by atoms with Crippen LogP contribution in [-0.4, -0.2) is 37.2 Å². The number of nitrogens with one attached hydrogen (secondary N) is 2. The molecule has 1 atom stereocenters. The van der Waals surface area contributed by atoms with Gasteiger partial charge in [-0.2, -0.15) is 0 Å². The maximum absolute atomic E-state index is 4.65. The monoisotopic (exact) mass is 326 g/mol. The van der Waals surface area contributed by atoms with Gasteiger partial charge < -0.3 is 15.5 Å². The van der Waals surface area contributed by atoms with Gasteiger partial charge in [-0.25, -0.2) is 4.98 Å². The highest BCUT2D eigenvalue weighted by Gasteiger charge is 2.48. The lowest BCUT2D eigenvalue weighted by Gasteiger charge is -2.54. The van der Waals surface area contributed by atoms with E-state index in [1.165, 1.54) is 44.2 Å². The van der Waals surface area contributed by atoms with Gasteiger partial charge in [-0.05, 0) is 75.3 Å². The molecule has 24 heavy (non-hydrogen) atoms. The Bertz CT molecular complexity index is 573. The van der Waals surface area contributed by atoms with E-state index in [1.54, 1.807) is 0 Å². The van der Waals surface area contributed by atoms with Gasteiger partial charge >= 0.3 is 0 Å². The van der Waals surface area contributed by atoms with Crippen molar-refractivity contribution in [2.45, 2.75) is 50.6 Å². The summed E-state index contributed by atoms with van der Waals surface area (Å²) in [5.41, 5.74) is 1.33. The zero-order valence-electron chi connectivity index (χ0n) is 14.7. The highest BCUT2D eigenvalue weighted by Crippen LogP contribution is 2.54. The number of hydrogen-bond acceptors (Lipinski definition) is 4. The van der Waals surface area contributed by atoms with Crippen LogP contribution in [0.2, 0.25) is 0 Å². The van der Waals surface area contributed by atoms with Crippen LogP contribution >= 0.6 is 0 Å². The van der Waals surface area contributed by atoms with E-state index in [0.29, 0.717) is 12.1 Å². The van der Waals surface area contributed by atoms with Crippen LogP contribution in [0.5, 0.6) is 0 Å². The van der Waals surface area contributed by atoms with Crippen molar-refractivity contribution >= 4 is 11.5 Å². The van der Waals surface area contributed by atoms with E-state index in [2.05, 4.69) is 39.7 Å². The smallest absolute Gasteiger partial charge is 0.128 e. The summed E-state index contributed by atoms with van der Waals surface area (Å²) in [6.07, 6.45) is 10.6. The van der Waals surface area contributed by atoms with Crippen molar-refractivity contribution in [3.8, 4) is 0 Å². The van der Waals surface area contributed by atoms with E-state index in [4.69, 9.17) is 0 Å². The van der Waals surface area contributed by atoms with Crippen molar-refractivity contribution in [2.24, 2.45) is 23.7 Å². The third-order valence-electron chi connectivity index (χ3n) is 7.25. The Balaban J connectivity index is 1.30. The van der Waals surface area contributed by atoms with Crippen LogP contribution in [0.15, 0.2) is 18.3 Å². The van der Waals surface area contributed by atoms with Gasteiger partial charge in [0.15, 0.2) is 0 Å². The third-order valence-corrected chi connectivity index (χ3v) is 7.25. The average molecular weight is 326 g/mol. The molecule has 1 aromatic heterocycles. The van der Waals surface area contributed by atoms with Gasteiger partial charge in [-0.1, -0.05) is 0 Å². The standard InChI is InChI=1S/C20H30N4/c1-21-17-3-5-24(12-17)18-2-4-22-19(11-18)23-20-15-7-13-6-14(9-15)10-16(20)8-13/h2,4,11,13-17,20-21H,3,5-10,12H2,1H3,(H,22,23). The first-order valence-electron chi connectivity index (χ1n) is 9.93. The molecule has 5 fully saturated rings. The Hall–Kier alpha value is -1.29. The molecule has 1 aromatic rings. The predicted molar refractivity (Wildman–Crippen MR) is 98.4 cm³/mol. The molecule has 0 aromatic carbocycles. The van der Waals surface area contributed by atoms with Crippen molar-refractivity contribution in [3.05, 3.63) is 18.3 Å². The molecular weight excluding hydrogens is 296 g/mol. The van der Waals surface area contributed by atoms with Crippen LogP contribution < -0.4 is 15.5 Å². The largest absolute Gasteiger partial charge is 0.370 e. The normalized spacial score (nSPS) is 40.3. The fourth-order valence-electron chi connectivity index (χ4n) is 6.26. The lowest BCUT2D eigenvalue weighted by molar-refractivity contribution is 0.00742. The summed E-state index contributed by atoms with van der Waals surface area (Å²) in [6.45, 7) is 2.25. The molecule has 2 heterocycles. The quantitative estimate of drug-likeness (QED) is 0.892. The first-order chi connectivity index (χ1) is 11.8. The number of aromatic nitrogens is 1. The fraction of sp³-hybridized carbons (Fsp3) is 0.750. The summed E-state index contributed by atoms with van der Waals surface area (Å²) in [5.74, 6) is 4.96. The summed E-state index contributed by atoms with van der Waals surface area (Å²) in [5, 5.41) is 7.27. The van der Waals surface area contributed by atoms with Crippen molar-refractivity contribution < 1.29 is 0 Å². The number of nitrogens with zero attached hydrogens (tertiary/aromatic N) is 2. The Morgan fingerprint density at radius 2 is 1.83 bits per heavy atom. The van der Waals surface area contributed by atoms with Crippen molar-refractivity contribution in [3.63, 3.8) is 0 Å². The van der Waals surface area contributed by atoms with Crippen molar-refractivity contribution in [2.75, 3.05) is 30.4 Å². The van der Waals surface area contributed by atoms with Gasteiger partial charge in [-0.15, -0.1) is 0 Å². The van der Waals surface area contributed by atoms with Crippen LogP contribution in [0.1, 0.15) is 38.5 Å². The second-order valence-electron chi connectivity index (χ2n) is 8.72. The molecule has 1 aliphatic heterocycles. The first kappa shape index (κ1) is 15.0. The summed E-state index contributed by atoms with van der Waals surface area (Å²) in [4.78, 5) is 7.14. The minimum absolute atomic E-state index is 0.624. The van der Waals surface area contributed by atoms with Crippen LogP contribution in [0.25, 0.3) is 0 Å². The number of pyridine rings is 1. The maximum atomic E-state index is 4.65. The number of rotatable bonds is 4. The van der Waals surface area contributed by atoms with Gasteiger partial charge in [-0.3, -0.25) is 0 Å². The maximum Gasteiger partial charge on any atom is 0.128 e. The lowest BCUT2D eigenvalue weighted by Crippen LogP contribution is -2.51. The Morgan fingerprint density at radius 3 is 2.50 bits per heavy atom. The molecule has 130 valence electrons. The molecule has 4 nitrogen and oxygen atoms in total. The highest BCUT2D eigenvalue weighted by molar-refractivity contribution is 5.55. The van der Waals surface area contributed by atoms with E-state index in [1.807, 2.05) is 6.20 Å². The van der Waals surface area contributed by atoms with E-state index in [0.717, 1.165) is 42.6 Å². The molecule has 0 radical (unpaired) electrons. The second-order valence-corrected chi connectivity index (χ2v) is 8.72. The van der Waals surface area contributed by atoms with Crippen LogP contribution in [-0.2, 0) is 0 Å². The molecule has 0 spiro atoms. The van der Waals surface area contributed by atoms with Crippen molar-refractivity contribution in [1.82, 2.24) is 10.3 Å². The van der Waals surface area contributed by atoms with Crippen molar-refractivity contribution in [1.29, 1.82) is 0 Å². The van der Waals surface area contributed by atoms with E-state index in [9.17, 15) is 0 Å². The molecule has 5 aliphatic rings. The summed E-state index contributed by atoms with van der Waals surface area (Å²) in [7, 11) is 2.07. The predicted octanol–water partition coefficient (Wildman–Crippen LogP) is 3.12. The Labute approximate surface area is 145 Å². The van der Waals surface area contributed by atoms with Crippen LogP contribution in [0, 0.1) is 23.7 Å². The van der Waals surface area contributed by atoms with Crippen LogP contribution in [0.3, 0.4) is 0 Å². The van der Waals surface area contributed by atoms with Gasteiger partial charge in [0.05, 0.1) is 0 Å². The van der Waals surface area contributed by atoms with E-state index >= 15 is 0 Å². The zero-order chi connectivity index (χ0) is 16.1. The summed E-state index contributed by atoms with van der Waals surface area (Å²) >= 11 is 0. The molecule has 4 saturated carbocycles. The van der Waals surface area contributed by atoms with Gasteiger partial charge in [0.2, 0.25) is 0 Å². The van der Waals surface area contributed by atoms with Crippen LogP contribution in [0.4, 0.5) is 11.5 Å². The molecule has 4 bridgehead atoms. The number of likely N-dealkylation sites (N-methyl/N-ethyl adjacent to an activating group) is 1. The SMILES string of the molecule is CNC1CCN(c2ccnc(NC3C4CC5CC(C4)CC3C5)c2)C1. The zero-order valence-corrected chi connectivity index (χ0v) is 14.7. The van der Waals surface area contributed by atoms with Gasteiger partial charge in [0, 0.05) is 43.1 Å². The minimum atomic E-state index is 0.624. The second kappa shape index (κ2) is 5.91. The average Bonchev–Trinajstić information content (AvgIpc) is 3.07. The Kier molecular flexibility index (Phi) is 3.69. The molecule has 0 amide bonds. The van der Waals surface area contributed by atoms with E-state index < -0.39 is 0 Å². The number of hydrogen-bond donors (Lipinski definition) is 2. The highest BCUT2D eigenvalue weighted by atomic mass is 15.2. The topological polar surface area (TPSA) is 40.2 Å². The van der Waals surface area contributed by atoms with Gasteiger partial charge in [0.1, 0.15) is 5.82 Å². The van der Waals surface area contributed by atoms with E-state index in [-0.39, 0.29) is 0 Å². The molecule has 6 rings (SSSR count). The Morgan fingerprint density at radius 1 is 1.08 bits per heavy atom. The molecule has 1 saturated heterocycles. The fourth-order valence-corrected chi connectivity index (χ4v) is 6.26. The molecular formula is C20H30N4.